The first kappa shape index (κ1) is 22.7. The fourth-order valence-corrected chi connectivity index (χ4v) is 3.69. The third kappa shape index (κ3) is 5.80. The molecule has 0 aliphatic rings. The number of benzene rings is 1. The molecule has 0 aliphatic heterocycles. The van der Waals surface area contributed by atoms with Crippen LogP contribution in [0.1, 0.15) is 26.5 Å². The Balaban J connectivity index is 1.69. The molecule has 0 saturated heterocycles. The largest absolute Gasteiger partial charge is 0.475 e. The second-order valence-corrected chi connectivity index (χ2v) is 7.50. The number of ether oxygens (including phenoxy) is 2. The number of alkyl halides is 3. The number of rotatable bonds is 8. The average molecular weight is 451 g/mol. The number of pyridine rings is 1. The Labute approximate surface area is 181 Å². The van der Waals surface area contributed by atoms with Gasteiger partial charge in [0.15, 0.2) is 0 Å². The first-order valence-electron chi connectivity index (χ1n) is 9.28. The number of nitrogens with one attached hydrogen (secondary N) is 1. The van der Waals surface area contributed by atoms with Crippen molar-refractivity contribution in [2.75, 3.05) is 20.3 Å². The molecule has 10 heteroatoms. The quantitative estimate of drug-likeness (QED) is 0.511. The van der Waals surface area contributed by atoms with Crippen LogP contribution in [-0.2, 0) is 17.5 Å². The summed E-state index contributed by atoms with van der Waals surface area (Å²) in [6, 6.07) is 8.23. The highest BCUT2D eigenvalue weighted by Crippen LogP contribution is 2.33. The number of halogens is 3. The second kappa shape index (κ2) is 9.88. The van der Waals surface area contributed by atoms with E-state index < -0.39 is 11.7 Å². The molecule has 6 nitrogen and oxygen atoms in total. The first-order valence-corrected chi connectivity index (χ1v) is 10.1. The molecule has 164 valence electrons. The van der Waals surface area contributed by atoms with Crippen molar-refractivity contribution in [1.82, 2.24) is 15.3 Å². The summed E-state index contributed by atoms with van der Waals surface area (Å²) in [7, 11) is 1.57. The number of methoxy groups -OCH3 is 1. The van der Waals surface area contributed by atoms with Crippen LogP contribution in [0.15, 0.2) is 42.6 Å². The van der Waals surface area contributed by atoms with Gasteiger partial charge >= 0.3 is 6.18 Å². The fraction of sp³-hybridized carbons (Fsp3) is 0.286. The maximum atomic E-state index is 12.8. The zero-order chi connectivity index (χ0) is 22.4. The standard InChI is InChI=1S/C21H20F3N3O3S/c1-13-17(31-20(27-13)14-5-7-16(8-6-14)21(22,23)24)18(28)26-12-15-4-3-9-25-19(15)30-11-10-29-2/h3-9H,10-12H2,1-2H3,(H,26,28). The van der Waals surface area contributed by atoms with Crippen molar-refractivity contribution in [2.45, 2.75) is 19.6 Å². The molecule has 0 spiro atoms. The van der Waals surface area contributed by atoms with E-state index in [2.05, 4.69) is 15.3 Å². The van der Waals surface area contributed by atoms with E-state index in [0.717, 1.165) is 23.5 Å². The molecule has 3 aromatic rings. The number of aromatic nitrogens is 2. The molecular weight excluding hydrogens is 431 g/mol. The molecule has 0 fully saturated rings. The summed E-state index contributed by atoms with van der Waals surface area (Å²) in [5.41, 5.74) is 0.987. The van der Waals surface area contributed by atoms with Crippen LogP contribution in [0.2, 0.25) is 0 Å². The van der Waals surface area contributed by atoms with Crippen molar-refractivity contribution in [1.29, 1.82) is 0 Å². The molecule has 31 heavy (non-hydrogen) atoms. The molecule has 0 saturated carbocycles. The van der Waals surface area contributed by atoms with E-state index in [4.69, 9.17) is 9.47 Å². The van der Waals surface area contributed by atoms with Gasteiger partial charge < -0.3 is 14.8 Å². The van der Waals surface area contributed by atoms with Crippen LogP contribution in [0.4, 0.5) is 13.2 Å². The Morgan fingerprint density at radius 3 is 2.58 bits per heavy atom. The minimum absolute atomic E-state index is 0.196. The summed E-state index contributed by atoms with van der Waals surface area (Å²) in [6.07, 6.45) is -2.81. The highest BCUT2D eigenvalue weighted by molar-refractivity contribution is 7.17. The van der Waals surface area contributed by atoms with Crippen molar-refractivity contribution in [3.8, 4) is 16.5 Å². The van der Waals surface area contributed by atoms with Gasteiger partial charge in [-0.3, -0.25) is 4.79 Å². The van der Waals surface area contributed by atoms with E-state index in [0.29, 0.717) is 45.8 Å². The van der Waals surface area contributed by atoms with Gasteiger partial charge in [0, 0.05) is 31.0 Å². The molecule has 1 N–H and O–H groups in total. The van der Waals surface area contributed by atoms with Gasteiger partial charge in [0.25, 0.3) is 5.91 Å². The van der Waals surface area contributed by atoms with E-state index in [1.165, 1.54) is 12.1 Å². The van der Waals surface area contributed by atoms with Crippen LogP contribution in [0.25, 0.3) is 10.6 Å². The Hall–Kier alpha value is -2.98. The summed E-state index contributed by atoms with van der Waals surface area (Å²) >= 11 is 1.12. The molecule has 0 aliphatic carbocycles. The van der Waals surface area contributed by atoms with E-state index in [-0.39, 0.29) is 12.5 Å². The van der Waals surface area contributed by atoms with E-state index in [1.54, 1.807) is 32.4 Å². The summed E-state index contributed by atoms with van der Waals surface area (Å²) in [6.45, 7) is 2.62. The zero-order valence-electron chi connectivity index (χ0n) is 16.8. The SMILES string of the molecule is COCCOc1ncccc1CNC(=O)c1sc(-c2ccc(C(F)(F)F)cc2)nc1C. The maximum Gasteiger partial charge on any atom is 0.416 e. The number of hydrogen-bond donors (Lipinski definition) is 1. The maximum absolute atomic E-state index is 12.8. The highest BCUT2D eigenvalue weighted by atomic mass is 32.1. The van der Waals surface area contributed by atoms with Crippen LogP contribution in [0, 0.1) is 6.92 Å². The van der Waals surface area contributed by atoms with Crippen LogP contribution >= 0.6 is 11.3 Å². The zero-order valence-corrected chi connectivity index (χ0v) is 17.6. The van der Waals surface area contributed by atoms with Crippen LogP contribution in [0.5, 0.6) is 5.88 Å². The Morgan fingerprint density at radius 2 is 1.90 bits per heavy atom. The van der Waals surface area contributed by atoms with Crippen molar-refractivity contribution in [3.63, 3.8) is 0 Å². The van der Waals surface area contributed by atoms with Crippen LogP contribution in [-0.4, -0.2) is 36.2 Å². The number of carbonyl (C=O) groups is 1. The number of nitrogens with zero attached hydrogens (tertiary/aromatic N) is 2. The predicted octanol–water partition coefficient (Wildman–Crippen LogP) is 4.49. The number of thiazole rings is 1. The van der Waals surface area contributed by atoms with Crippen molar-refractivity contribution < 1.29 is 27.4 Å². The van der Waals surface area contributed by atoms with Crippen molar-refractivity contribution in [3.05, 3.63) is 64.3 Å². The van der Waals surface area contributed by atoms with Crippen LogP contribution < -0.4 is 10.1 Å². The normalized spacial score (nSPS) is 11.4. The lowest BCUT2D eigenvalue weighted by Crippen LogP contribution is -2.23. The van der Waals surface area contributed by atoms with Crippen molar-refractivity contribution >= 4 is 17.2 Å². The van der Waals surface area contributed by atoms with Gasteiger partial charge in [0.2, 0.25) is 5.88 Å². The molecule has 0 radical (unpaired) electrons. The lowest BCUT2D eigenvalue weighted by molar-refractivity contribution is -0.137. The van der Waals surface area contributed by atoms with E-state index in [1.807, 2.05) is 0 Å². The smallest absolute Gasteiger partial charge is 0.416 e. The highest BCUT2D eigenvalue weighted by Gasteiger charge is 2.30. The van der Waals surface area contributed by atoms with E-state index >= 15 is 0 Å². The minimum Gasteiger partial charge on any atom is -0.475 e. The molecule has 0 bridgehead atoms. The van der Waals surface area contributed by atoms with E-state index in [9.17, 15) is 18.0 Å². The summed E-state index contributed by atoms with van der Waals surface area (Å²) in [5.74, 6) is 0.0752. The number of hydrogen-bond acceptors (Lipinski definition) is 6. The summed E-state index contributed by atoms with van der Waals surface area (Å²) in [4.78, 5) is 21.6. The molecule has 3 rings (SSSR count). The third-order valence-electron chi connectivity index (χ3n) is 4.28. The lowest BCUT2D eigenvalue weighted by atomic mass is 10.1. The van der Waals surface area contributed by atoms with Gasteiger partial charge in [-0.25, -0.2) is 9.97 Å². The molecule has 1 aromatic carbocycles. The van der Waals surface area contributed by atoms with Crippen LogP contribution in [0.3, 0.4) is 0 Å². The van der Waals surface area contributed by atoms with Gasteiger partial charge in [0.1, 0.15) is 16.5 Å². The summed E-state index contributed by atoms with van der Waals surface area (Å²) < 4.78 is 48.8. The second-order valence-electron chi connectivity index (χ2n) is 6.50. The topological polar surface area (TPSA) is 73.3 Å². The van der Waals surface area contributed by atoms with Gasteiger partial charge in [-0.05, 0) is 25.1 Å². The monoisotopic (exact) mass is 451 g/mol. The van der Waals surface area contributed by atoms with Gasteiger partial charge in [0.05, 0.1) is 17.9 Å². The number of aryl methyl sites for hydroxylation is 1. The fourth-order valence-electron chi connectivity index (χ4n) is 2.70. The Bertz CT molecular complexity index is 1040. The minimum atomic E-state index is -4.40. The Kier molecular flexibility index (Phi) is 7.24. The van der Waals surface area contributed by atoms with Gasteiger partial charge in [-0.15, -0.1) is 11.3 Å². The third-order valence-corrected chi connectivity index (χ3v) is 5.48. The number of amides is 1. The molecule has 1 amide bonds. The molecule has 0 atom stereocenters. The van der Waals surface area contributed by atoms with Gasteiger partial charge in [-0.2, -0.15) is 13.2 Å². The molecular formula is C21H20F3N3O3S. The molecule has 2 heterocycles. The van der Waals surface area contributed by atoms with Gasteiger partial charge in [-0.1, -0.05) is 18.2 Å². The Morgan fingerprint density at radius 1 is 1.16 bits per heavy atom. The average Bonchev–Trinajstić information content (AvgIpc) is 3.14. The van der Waals surface area contributed by atoms with Crippen molar-refractivity contribution in [2.24, 2.45) is 0 Å². The predicted molar refractivity (Wildman–Crippen MR) is 110 cm³/mol. The summed E-state index contributed by atoms with van der Waals surface area (Å²) in [5, 5.41) is 3.29. The lowest BCUT2D eigenvalue weighted by Gasteiger charge is -2.10. The molecule has 2 aromatic heterocycles. The first-order chi connectivity index (χ1) is 14.8. The number of carbonyl (C=O) groups excluding carboxylic acids is 1. The molecule has 0 unspecified atom stereocenters.